The molecule has 2 rings (SSSR count). The topological polar surface area (TPSA) is 111 Å². The predicted octanol–water partition coefficient (Wildman–Crippen LogP) is 1.65. The van der Waals surface area contributed by atoms with E-state index in [4.69, 9.17) is 4.74 Å². The standard InChI is InChI=1S/C18H20N2O6S/c1-25-12-11-19-17(21)13-5-9-16(10-6-13)27(23,24)20-15-7-3-14(4-8-15)18(22)26-2/h3-10,20H,11-12H2,1-2H3,(H,19,21). The highest BCUT2D eigenvalue weighted by Crippen LogP contribution is 2.17. The molecule has 2 aromatic carbocycles. The van der Waals surface area contributed by atoms with Crippen molar-refractivity contribution in [1.29, 1.82) is 0 Å². The first-order valence-corrected chi connectivity index (χ1v) is 9.44. The van der Waals surface area contributed by atoms with Crippen molar-refractivity contribution in [2.24, 2.45) is 0 Å². The van der Waals surface area contributed by atoms with Gasteiger partial charge in [0.2, 0.25) is 0 Å². The number of carbonyl (C=O) groups is 2. The highest BCUT2D eigenvalue weighted by Gasteiger charge is 2.15. The lowest BCUT2D eigenvalue weighted by Crippen LogP contribution is -2.26. The zero-order valence-electron chi connectivity index (χ0n) is 14.9. The minimum Gasteiger partial charge on any atom is -0.465 e. The Morgan fingerprint density at radius 2 is 1.52 bits per heavy atom. The van der Waals surface area contributed by atoms with Crippen molar-refractivity contribution in [2.45, 2.75) is 4.90 Å². The molecule has 144 valence electrons. The van der Waals surface area contributed by atoms with Crippen LogP contribution in [0.3, 0.4) is 0 Å². The summed E-state index contributed by atoms with van der Waals surface area (Å²) in [6, 6.07) is 11.4. The van der Waals surface area contributed by atoms with E-state index in [0.717, 1.165) is 0 Å². The molecular weight excluding hydrogens is 372 g/mol. The SMILES string of the molecule is COCCNC(=O)c1ccc(S(=O)(=O)Nc2ccc(C(=O)OC)cc2)cc1. The molecule has 0 aromatic heterocycles. The molecule has 0 aliphatic carbocycles. The third-order valence-electron chi connectivity index (χ3n) is 3.58. The van der Waals surface area contributed by atoms with Crippen molar-refractivity contribution in [3.63, 3.8) is 0 Å². The van der Waals surface area contributed by atoms with Gasteiger partial charge in [0.05, 0.1) is 24.2 Å². The molecule has 27 heavy (non-hydrogen) atoms. The second-order valence-electron chi connectivity index (χ2n) is 5.45. The van der Waals surface area contributed by atoms with Gasteiger partial charge in [0.25, 0.3) is 15.9 Å². The van der Waals surface area contributed by atoms with Crippen LogP contribution in [0.4, 0.5) is 5.69 Å². The van der Waals surface area contributed by atoms with Gasteiger partial charge in [-0.15, -0.1) is 0 Å². The van der Waals surface area contributed by atoms with Gasteiger partial charge in [-0.05, 0) is 48.5 Å². The molecule has 1 amide bonds. The zero-order chi connectivity index (χ0) is 19.9. The molecule has 0 fully saturated rings. The molecule has 0 aliphatic heterocycles. The number of carbonyl (C=O) groups excluding carboxylic acids is 2. The number of hydrogen-bond acceptors (Lipinski definition) is 6. The van der Waals surface area contributed by atoms with Crippen LogP contribution in [-0.2, 0) is 19.5 Å². The Morgan fingerprint density at radius 1 is 0.926 bits per heavy atom. The molecule has 0 heterocycles. The maximum atomic E-state index is 12.4. The normalized spacial score (nSPS) is 10.9. The van der Waals surface area contributed by atoms with Crippen LogP contribution in [0, 0.1) is 0 Å². The summed E-state index contributed by atoms with van der Waals surface area (Å²) in [4.78, 5) is 23.3. The third kappa shape index (κ3) is 5.53. The van der Waals surface area contributed by atoms with E-state index in [0.29, 0.717) is 30.0 Å². The Labute approximate surface area is 157 Å². The third-order valence-corrected chi connectivity index (χ3v) is 4.97. The first-order chi connectivity index (χ1) is 12.9. The van der Waals surface area contributed by atoms with Gasteiger partial charge in [-0.1, -0.05) is 0 Å². The molecule has 0 aliphatic rings. The monoisotopic (exact) mass is 392 g/mol. The van der Waals surface area contributed by atoms with Gasteiger partial charge < -0.3 is 14.8 Å². The lowest BCUT2D eigenvalue weighted by Gasteiger charge is -2.09. The summed E-state index contributed by atoms with van der Waals surface area (Å²) in [5, 5.41) is 2.65. The van der Waals surface area contributed by atoms with Gasteiger partial charge >= 0.3 is 5.97 Å². The van der Waals surface area contributed by atoms with Crippen LogP contribution in [-0.4, -0.2) is 47.7 Å². The molecule has 0 atom stereocenters. The summed E-state index contributed by atoms with van der Waals surface area (Å²) in [6.07, 6.45) is 0. The zero-order valence-corrected chi connectivity index (χ0v) is 15.7. The highest BCUT2D eigenvalue weighted by atomic mass is 32.2. The minimum absolute atomic E-state index is 0.00739. The summed E-state index contributed by atoms with van der Waals surface area (Å²) in [5.74, 6) is -0.828. The molecule has 0 radical (unpaired) electrons. The summed E-state index contributed by atoms with van der Waals surface area (Å²) in [5.41, 5.74) is 0.945. The number of anilines is 1. The fourth-order valence-electron chi connectivity index (χ4n) is 2.16. The van der Waals surface area contributed by atoms with E-state index in [2.05, 4.69) is 14.8 Å². The van der Waals surface area contributed by atoms with Gasteiger partial charge in [-0.3, -0.25) is 9.52 Å². The number of amides is 1. The Bertz CT molecular complexity index is 892. The summed E-state index contributed by atoms with van der Waals surface area (Å²) in [7, 11) is -1.04. The van der Waals surface area contributed by atoms with Crippen LogP contribution < -0.4 is 10.0 Å². The largest absolute Gasteiger partial charge is 0.465 e. The van der Waals surface area contributed by atoms with Crippen LogP contribution >= 0.6 is 0 Å². The van der Waals surface area contributed by atoms with Crippen molar-refractivity contribution in [1.82, 2.24) is 5.32 Å². The van der Waals surface area contributed by atoms with Crippen LogP contribution in [0.15, 0.2) is 53.4 Å². The average Bonchev–Trinajstić information content (AvgIpc) is 2.68. The second-order valence-corrected chi connectivity index (χ2v) is 7.13. The number of ether oxygens (including phenoxy) is 2. The Morgan fingerprint density at radius 3 is 2.07 bits per heavy atom. The lowest BCUT2D eigenvalue weighted by atomic mass is 10.2. The van der Waals surface area contributed by atoms with E-state index in [1.54, 1.807) is 0 Å². The number of rotatable bonds is 8. The Kier molecular flexibility index (Phi) is 6.91. The maximum Gasteiger partial charge on any atom is 0.337 e. The van der Waals surface area contributed by atoms with E-state index in [9.17, 15) is 18.0 Å². The van der Waals surface area contributed by atoms with E-state index in [-0.39, 0.29) is 10.8 Å². The quantitative estimate of drug-likeness (QED) is 0.522. The van der Waals surface area contributed by atoms with E-state index in [1.807, 2.05) is 0 Å². The molecule has 2 N–H and O–H groups in total. The Balaban J connectivity index is 2.08. The number of benzene rings is 2. The summed E-state index contributed by atoms with van der Waals surface area (Å²) < 4.78 is 36.7. The van der Waals surface area contributed by atoms with Crippen LogP contribution in [0.2, 0.25) is 0 Å². The van der Waals surface area contributed by atoms with Gasteiger partial charge in [0.15, 0.2) is 0 Å². The van der Waals surface area contributed by atoms with Gasteiger partial charge in [-0.25, -0.2) is 13.2 Å². The minimum atomic E-state index is -3.83. The van der Waals surface area contributed by atoms with Crippen molar-refractivity contribution in [2.75, 3.05) is 32.1 Å². The number of nitrogens with one attached hydrogen (secondary N) is 2. The summed E-state index contributed by atoms with van der Waals surface area (Å²) >= 11 is 0. The van der Waals surface area contributed by atoms with E-state index < -0.39 is 16.0 Å². The van der Waals surface area contributed by atoms with Gasteiger partial charge in [0, 0.05) is 24.9 Å². The van der Waals surface area contributed by atoms with Crippen molar-refractivity contribution < 1.29 is 27.5 Å². The van der Waals surface area contributed by atoms with E-state index in [1.165, 1.54) is 62.8 Å². The average molecular weight is 392 g/mol. The number of hydrogen-bond donors (Lipinski definition) is 2. The predicted molar refractivity (Wildman–Crippen MR) is 99.2 cm³/mol. The smallest absolute Gasteiger partial charge is 0.337 e. The molecule has 8 nitrogen and oxygen atoms in total. The summed E-state index contributed by atoms with van der Waals surface area (Å²) in [6.45, 7) is 0.745. The van der Waals surface area contributed by atoms with Crippen LogP contribution in [0.1, 0.15) is 20.7 Å². The van der Waals surface area contributed by atoms with Gasteiger partial charge in [-0.2, -0.15) is 0 Å². The van der Waals surface area contributed by atoms with E-state index >= 15 is 0 Å². The number of sulfonamides is 1. The fraction of sp³-hybridized carbons (Fsp3) is 0.222. The molecule has 0 saturated heterocycles. The van der Waals surface area contributed by atoms with Crippen molar-refractivity contribution >= 4 is 27.6 Å². The molecule has 0 unspecified atom stereocenters. The maximum absolute atomic E-state index is 12.4. The fourth-order valence-corrected chi connectivity index (χ4v) is 3.22. The first-order valence-electron chi connectivity index (χ1n) is 7.96. The number of methoxy groups -OCH3 is 2. The first kappa shape index (κ1) is 20.4. The molecule has 0 saturated carbocycles. The van der Waals surface area contributed by atoms with Crippen LogP contribution in [0.5, 0.6) is 0 Å². The molecule has 0 spiro atoms. The molecular formula is C18H20N2O6S. The highest BCUT2D eigenvalue weighted by molar-refractivity contribution is 7.92. The number of esters is 1. The van der Waals surface area contributed by atoms with Crippen molar-refractivity contribution in [3.05, 3.63) is 59.7 Å². The second kappa shape index (κ2) is 9.15. The lowest BCUT2D eigenvalue weighted by molar-refractivity contribution is 0.0600. The molecule has 2 aromatic rings. The molecule has 9 heteroatoms. The molecule has 0 bridgehead atoms. The van der Waals surface area contributed by atoms with Crippen LogP contribution in [0.25, 0.3) is 0 Å². The van der Waals surface area contributed by atoms with Gasteiger partial charge in [0.1, 0.15) is 0 Å². The van der Waals surface area contributed by atoms with Crippen molar-refractivity contribution in [3.8, 4) is 0 Å². The Hall–Kier alpha value is -2.91.